The van der Waals surface area contributed by atoms with Gasteiger partial charge in [-0.15, -0.1) is 0 Å². The highest BCUT2D eigenvalue weighted by Crippen LogP contribution is 2.50. The molecule has 1 aliphatic heterocycles. The van der Waals surface area contributed by atoms with Gasteiger partial charge in [0, 0.05) is 39.8 Å². The molecule has 140 valence electrons. The third kappa shape index (κ3) is 4.39. The number of aromatic nitrogens is 2. The summed E-state index contributed by atoms with van der Waals surface area (Å²) in [4.78, 5) is 21.6. The molecule has 2 fully saturated rings. The highest BCUT2D eigenvalue weighted by atomic mass is 16.5. The fourth-order valence-electron chi connectivity index (χ4n) is 3.83. The zero-order chi connectivity index (χ0) is 17.9. The number of rotatable bonds is 7. The van der Waals surface area contributed by atoms with Crippen molar-refractivity contribution in [3.8, 4) is 0 Å². The molecule has 1 aromatic rings. The van der Waals surface area contributed by atoms with Crippen LogP contribution in [0.5, 0.6) is 0 Å². The predicted octanol–water partition coefficient (Wildman–Crippen LogP) is 2.01. The third-order valence-corrected chi connectivity index (χ3v) is 5.66. The van der Waals surface area contributed by atoms with Crippen molar-refractivity contribution in [2.45, 2.75) is 58.0 Å². The fraction of sp³-hybridized carbons (Fsp3) is 0.833. The lowest BCUT2D eigenvalue weighted by molar-refractivity contribution is -0.137. The molecule has 1 saturated heterocycles. The summed E-state index contributed by atoms with van der Waals surface area (Å²) in [6.45, 7) is 4.89. The van der Waals surface area contributed by atoms with E-state index in [4.69, 9.17) is 9.26 Å². The minimum atomic E-state index is -0.121. The van der Waals surface area contributed by atoms with E-state index >= 15 is 0 Å². The molecule has 0 radical (unpaired) electrons. The molecular formula is C18H30N4O3. The molecule has 2 aliphatic rings. The largest absolute Gasteiger partial charge is 0.385 e. The second-order valence-corrected chi connectivity index (χ2v) is 7.54. The lowest BCUT2D eigenvalue weighted by atomic mass is 10.0. The van der Waals surface area contributed by atoms with Crippen LogP contribution in [0.15, 0.2) is 4.52 Å². The number of carbonyl (C=O) groups excluding carboxylic acids is 1. The van der Waals surface area contributed by atoms with Gasteiger partial charge in [-0.25, -0.2) is 0 Å². The van der Waals surface area contributed by atoms with E-state index in [-0.39, 0.29) is 5.41 Å². The molecule has 1 aliphatic carbocycles. The summed E-state index contributed by atoms with van der Waals surface area (Å²) in [5.41, 5.74) is -0.121. The van der Waals surface area contributed by atoms with Crippen LogP contribution in [-0.4, -0.2) is 65.7 Å². The molecule has 1 amide bonds. The maximum atomic E-state index is 12.9. The average Bonchev–Trinajstić information content (AvgIpc) is 3.34. The van der Waals surface area contributed by atoms with Gasteiger partial charge in [-0.3, -0.25) is 9.69 Å². The number of methoxy groups -OCH3 is 1. The number of hydrogen-bond acceptors (Lipinski definition) is 6. The van der Waals surface area contributed by atoms with Gasteiger partial charge in [-0.1, -0.05) is 5.16 Å². The van der Waals surface area contributed by atoms with Gasteiger partial charge in [0.1, 0.15) is 0 Å². The molecule has 1 aromatic heterocycles. The summed E-state index contributed by atoms with van der Waals surface area (Å²) in [5, 5.41) is 3.98. The van der Waals surface area contributed by atoms with E-state index in [9.17, 15) is 4.79 Å². The Kier molecular flexibility index (Phi) is 5.74. The second-order valence-electron chi connectivity index (χ2n) is 7.54. The number of likely N-dealkylation sites (tertiary alicyclic amines) is 1. The van der Waals surface area contributed by atoms with Gasteiger partial charge in [-0.05, 0) is 45.6 Å². The van der Waals surface area contributed by atoms with Crippen molar-refractivity contribution < 1.29 is 14.1 Å². The van der Waals surface area contributed by atoms with Gasteiger partial charge in [0.25, 0.3) is 0 Å². The SMILES string of the molecule is COCCC1(C(=O)N2CCC[C@H](N(C)Cc3noc(C)n3)CC2)CC1. The molecule has 0 unspecified atom stereocenters. The Morgan fingerprint density at radius 2 is 2.20 bits per heavy atom. The van der Waals surface area contributed by atoms with Crippen molar-refractivity contribution in [3.05, 3.63) is 11.7 Å². The number of amides is 1. The van der Waals surface area contributed by atoms with E-state index < -0.39 is 0 Å². The fourth-order valence-corrected chi connectivity index (χ4v) is 3.83. The van der Waals surface area contributed by atoms with Gasteiger partial charge < -0.3 is 14.2 Å². The van der Waals surface area contributed by atoms with Crippen LogP contribution >= 0.6 is 0 Å². The summed E-state index contributed by atoms with van der Waals surface area (Å²) >= 11 is 0. The molecule has 0 aromatic carbocycles. The average molecular weight is 350 g/mol. The van der Waals surface area contributed by atoms with Crippen molar-refractivity contribution in [1.82, 2.24) is 19.9 Å². The number of ether oxygens (including phenoxy) is 1. The van der Waals surface area contributed by atoms with Gasteiger partial charge >= 0.3 is 0 Å². The Hall–Kier alpha value is -1.47. The first kappa shape index (κ1) is 18.3. The highest BCUT2D eigenvalue weighted by molar-refractivity contribution is 5.85. The van der Waals surface area contributed by atoms with Gasteiger partial charge in [0.15, 0.2) is 5.82 Å². The Morgan fingerprint density at radius 3 is 2.84 bits per heavy atom. The van der Waals surface area contributed by atoms with E-state index in [1.807, 2.05) is 6.92 Å². The van der Waals surface area contributed by atoms with Crippen LogP contribution in [0.4, 0.5) is 0 Å². The molecule has 1 atom stereocenters. The molecule has 1 saturated carbocycles. The molecule has 0 N–H and O–H groups in total. The van der Waals surface area contributed by atoms with E-state index in [0.717, 1.165) is 57.4 Å². The maximum Gasteiger partial charge on any atom is 0.228 e. The predicted molar refractivity (Wildman–Crippen MR) is 92.9 cm³/mol. The third-order valence-electron chi connectivity index (χ3n) is 5.66. The van der Waals surface area contributed by atoms with E-state index in [2.05, 4.69) is 27.0 Å². The zero-order valence-electron chi connectivity index (χ0n) is 15.7. The Morgan fingerprint density at radius 1 is 1.40 bits per heavy atom. The maximum absolute atomic E-state index is 12.9. The van der Waals surface area contributed by atoms with Gasteiger partial charge in [0.2, 0.25) is 11.8 Å². The van der Waals surface area contributed by atoms with Crippen LogP contribution in [0.3, 0.4) is 0 Å². The van der Waals surface area contributed by atoms with Crippen LogP contribution in [0.2, 0.25) is 0 Å². The lowest BCUT2D eigenvalue weighted by Crippen LogP contribution is -2.39. The molecule has 7 heteroatoms. The van der Waals surface area contributed by atoms with Crippen LogP contribution in [0.1, 0.15) is 50.2 Å². The highest BCUT2D eigenvalue weighted by Gasteiger charge is 2.51. The summed E-state index contributed by atoms with van der Waals surface area (Å²) in [6.07, 6.45) is 6.05. The number of hydrogen-bond donors (Lipinski definition) is 0. The molecule has 2 heterocycles. The molecule has 25 heavy (non-hydrogen) atoms. The summed E-state index contributed by atoms with van der Waals surface area (Å²) in [5.74, 6) is 1.68. The van der Waals surface area contributed by atoms with Crippen LogP contribution in [0, 0.1) is 12.3 Å². The van der Waals surface area contributed by atoms with E-state index in [1.165, 1.54) is 0 Å². The van der Waals surface area contributed by atoms with Crippen molar-refractivity contribution in [2.75, 3.05) is 33.9 Å². The van der Waals surface area contributed by atoms with E-state index in [1.54, 1.807) is 7.11 Å². The zero-order valence-corrected chi connectivity index (χ0v) is 15.7. The first-order valence-corrected chi connectivity index (χ1v) is 9.32. The Labute approximate surface area is 149 Å². The standard InChI is InChI=1S/C18H30N4O3/c1-14-19-16(20-25-14)13-21(2)15-5-4-10-22(11-6-15)17(23)18(7-8-18)9-12-24-3/h15H,4-13H2,1-3H3/t15-/m0/s1. The number of aryl methyl sites for hydroxylation is 1. The number of carbonyl (C=O) groups is 1. The smallest absolute Gasteiger partial charge is 0.228 e. The van der Waals surface area contributed by atoms with Crippen LogP contribution < -0.4 is 0 Å². The van der Waals surface area contributed by atoms with Gasteiger partial charge in [-0.2, -0.15) is 4.98 Å². The lowest BCUT2D eigenvalue weighted by Gasteiger charge is -2.27. The summed E-state index contributed by atoms with van der Waals surface area (Å²) in [6, 6.07) is 0.450. The first-order valence-electron chi connectivity index (χ1n) is 9.32. The summed E-state index contributed by atoms with van der Waals surface area (Å²) in [7, 11) is 3.81. The van der Waals surface area contributed by atoms with E-state index in [0.29, 0.717) is 31.0 Å². The Bertz CT molecular complexity index is 585. The molecule has 0 spiro atoms. The molecule has 3 rings (SSSR count). The van der Waals surface area contributed by atoms with Crippen molar-refractivity contribution in [1.29, 1.82) is 0 Å². The first-order chi connectivity index (χ1) is 12.0. The Balaban J connectivity index is 1.52. The second kappa shape index (κ2) is 7.83. The molecular weight excluding hydrogens is 320 g/mol. The minimum absolute atomic E-state index is 0.121. The minimum Gasteiger partial charge on any atom is -0.385 e. The van der Waals surface area contributed by atoms with Gasteiger partial charge in [0.05, 0.1) is 12.0 Å². The summed E-state index contributed by atoms with van der Waals surface area (Å²) < 4.78 is 10.2. The quantitative estimate of drug-likeness (QED) is 0.749. The number of nitrogens with zero attached hydrogens (tertiary/aromatic N) is 4. The normalized spacial score (nSPS) is 22.9. The van der Waals surface area contributed by atoms with Crippen LogP contribution in [-0.2, 0) is 16.1 Å². The van der Waals surface area contributed by atoms with Crippen molar-refractivity contribution in [3.63, 3.8) is 0 Å². The van der Waals surface area contributed by atoms with Crippen molar-refractivity contribution in [2.24, 2.45) is 5.41 Å². The molecule has 0 bridgehead atoms. The molecule has 7 nitrogen and oxygen atoms in total. The topological polar surface area (TPSA) is 71.7 Å². The van der Waals surface area contributed by atoms with Crippen molar-refractivity contribution >= 4 is 5.91 Å². The van der Waals surface area contributed by atoms with Crippen LogP contribution in [0.25, 0.3) is 0 Å². The monoisotopic (exact) mass is 350 g/mol.